The quantitative estimate of drug-likeness (QED) is 0.0880. The first-order valence-corrected chi connectivity index (χ1v) is 16.1. The first kappa shape index (κ1) is 34.3. The largest absolute Gasteiger partial charge is 0.374 e. The van der Waals surface area contributed by atoms with Crippen LogP contribution in [0.15, 0.2) is 134 Å². The van der Waals surface area contributed by atoms with Crippen LogP contribution in [-0.4, -0.2) is 43.4 Å². The highest BCUT2D eigenvalue weighted by molar-refractivity contribution is 5.17. The van der Waals surface area contributed by atoms with Crippen LogP contribution in [0.4, 0.5) is 0 Å². The molecule has 1 aliphatic rings. The van der Waals surface area contributed by atoms with Gasteiger partial charge >= 0.3 is 0 Å². The van der Waals surface area contributed by atoms with E-state index in [1.165, 1.54) is 0 Å². The van der Waals surface area contributed by atoms with E-state index in [9.17, 15) is 0 Å². The first-order valence-electron chi connectivity index (χ1n) is 16.1. The molecule has 0 radical (unpaired) electrons. The molecule has 1 fully saturated rings. The van der Waals surface area contributed by atoms with Crippen LogP contribution in [0.1, 0.15) is 35.6 Å². The minimum absolute atomic E-state index is 0.147. The van der Waals surface area contributed by atoms with Crippen molar-refractivity contribution >= 4 is 0 Å². The van der Waals surface area contributed by atoms with Crippen molar-refractivity contribution in [2.75, 3.05) is 13.2 Å². The minimum atomic E-state index is -1.27. The Bertz CT molecular complexity index is 1520. The molecule has 1 saturated heterocycles. The number of ether oxygens (including phenoxy) is 6. The molecule has 6 nitrogen and oxygen atoms in total. The first-order chi connectivity index (χ1) is 23.2. The van der Waals surface area contributed by atoms with Gasteiger partial charge < -0.3 is 28.4 Å². The van der Waals surface area contributed by atoms with Gasteiger partial charge in [-0.3, -0.25) is 0 Å². The molecule has 4 aromatic carbocycles. The second-order valence-electron chi connectivity index (χ2n) is 11.4. The van der Waals surface area contributed by atoms with Gasteiger partial charge in [-0.15, -0.1) is 12.5 Å². The average molecular weight is 633 g/mol. The Balaban J connectivity index is 1.52. The van der Waals surface area contributed by atoms with Crippen molar-refractivity contribution in [2.24, 2.45) is 0 Å². The minimum Gasteiger partial charge on any atom is -0.374 e. The zero-order chi connectivity index (χ0) is 32.6. The normalized spacial score (nSPS) is 22.2. The van der Waals surface area contributed by atoms with E-state index in [2.05, 4.69) is 18.4 Å². The third-order valence-corrected chi connectivity index (χ3v) is 8.00. The molecule has 5 atom stereocenters. The number of hydrogen-bond donors (Lipinski definition) is 0. The Morgan fingerprint density at radius 3 is 1.62 bits per heavy atom. The van der Waals surface area contributed by atoms with E-state index in [4.69, 9.17) is 28.4 Å². The third-order valence-electron chi connectivity index (χ3n) is 8.00. The summed E-state index contributed by atoms with van der Waals surface area (Å²) in [4.78, 5) is 0. The van der Waals surface area contributed by atoms with Crippen molar-refractivity contribution in [3.05, 3.63) is 156 Å². The van der Waals surface area contributed by atoms with Crippen molar-refractivity contribution in [2.45, 2.75) is 70.0 Å². The lowest BCUT2D eigenvalue weighted by molar-refractivity contribution is -0.379. The maximum Gasteiger partial charge on any atom is 0.202 e. The molecule has 3 unspecified atom stereocenters. The molecule has 0 saturated carbocycles. The second-order valence-corrected chi connectivity index (χ2v) is 11.4. The monoisotopic (exact) mass is 632 g/mol. The van der Waals surface area contributed by atoms with E-state index in [0.717, 1.165) is 22.3 Å². The van der Waals surface area contributed by atoms with Gasteiger partial charge in [0.05, 0.1) is 33.0 Å². The SMILES string of the molecule is C=CC[C@]1(OCC#CC)OC(COCc2ccccc2)[C@@H](OCc2ccccc2)C(OCc2ccccc2)C1OCc1ccccc1. The predicted molar refractivity (Wildman–Crippen MR) is 183 cm³/mol. The highest BCUT2D eigenvalue weighted by Crippen LogP contribution is 2.40. The maximum absolute atomic E-state index is 6.97. The topological polar surface area (TPSA) is 55.4 Å². The fourth-order valence-corrected chi connectivity index (χ4v) is 5.69. The summed E-state index contributed by atoms with van der Waals surface area (Å²) in [5.74, 6) is 4.70. The van der Waals surface area contributed by atoms with Gasteiger partial charge in [-0.2, -0.15) is 0 Å². The van der Waals surface area contributed by atoms with Crippen LogP contribution in [0.25, 0.3) is 0 Å². The fourth-order valence-electron chi connectivity index (χ4n) is 5.69. The Kier molecular flexibility index (Phi) is 13.4. The fraction of sp³-hybridized carbons (Fsp3) is 0.317. The van der Waals surface area contributed by atoms with Gasteiger partial charge in [-0.05, 0) is 29.2 Å². The summed E-state index contributed by atoms with van der Waals surface area (Å²) in [6.07, 6.45) is -0.294. The molecule has 0 aromatic heterocycles. The van der Waals surface area contributed by atoms with E-state index in [0.29, 0.717) is 32.8 Å². The predicted octanol–water partition coefficient (Wildman–Crippen LogP) is 7.67. The summed E-state index contributed by atoms with van der Waals surface area (Å²) < 4.78 is 40.2. The van der Waals surface area contributed by atoms with E-state index < -0.39 is 30.2 Å². The van der Waals surface area contributed by atoms with Gasteiger partial charge in [-0.1, -0.05) is 133 Å². The maximum atomic E-state index is 6.97. The van der Waals surface area contributed by atoms with Crippen LogP contribution in [0.5, 0.6) is 0 Å². The molecule has 47 heavy (non-hydrogen) atoms. The molecule has 0 bridgehead atoms. The number of rotatable bonds is 17. The van der Waals surface area contributed by atoms with Crippen molar-refractivity contribution in [1.29, 1.82) is 0 Å². The molecular formula is C41H44O6. The molecule has 0 spiro atoms. The lowest BCUT2D eigenvalue weighted by Gasteiger charge is -2.52. The van der Waals surface area contributed by atoms with Gasteiger partial charge in [-0.25, -0.2) is 0 Å². The Morgan fingerprint density at radius 2 is 1.13 bits per heavy atom. The molecule has 0 amide bonds. The van der Waals surface area contributed by atoms with Crippen molar-refractivity contribution < 1.29 is 28.4 Å². The standard InChI is InChI=1S/C41H44O6/c1-3-5-27-46-41(26-4-2)40(45-31-36-24-16-9-17-25-36)39(44-30-35-22-14-8-15-23-35)38(43-29-34-20-12-7-13-21-34)37(47-41)32-42-28-33-18-10-6-11-19-33/h4,6-25,37-40H,2,26-32H2,1H3/t37?,38-,39?,40?,41+/m1/s1. The van der Waals surface area contributed by atoms with E-state index in [1.54, 1.807) is 13.0 Å². The molecule has 4 aromatic rings. The van der Waals surface area contributed by atoms with Gasteiger partial charge in [0.15, 0.2) is 0 Å². The van der Waals surface area contributed by atoms with E-state index >= 15 is 0 Å². The van der Waals surface area contributed by atoms with Crippen LogP contribution in [-0.2, 0) is 54.8 Å². The van der Waals surface area contributed by atoms with E-state index in [-0.39, 0.29) is 13.2 Å². The second kappa shape index (κ2) is 18.3. The van der Waals surface area contributed by atoms with Gasteiger partial charge in [0, 0.05) is 6.42 Å². The highest BCUT2D eigenvalue weighted by atomic mass is 16.7. The van der Waals surface area contributed by atoms with Crippen LogP contribution in [0, 0.1) is 11.8 Å². The van der Waals surface area contributed by atoms with Crippen molar-refractivity contribution in [3.63, 3.8) is 0 Å². The van der Waals surface area contributed by atoms with Crippen LogP contribution in [0.3, 0.4) is 0 Å². The summed E-state index contributed by atoms with van der Waals surface area (Å²) in [6.45, 7) is 7.69. The molecule has 0 N–H and O–H groups in total. The van der Waals surface area contributed by atoms with Gasteiger partial charge in [0.2, 0.25) is 5.79 Å². The molecule has 5 rings (SSSR count). The smallest absolute Gasteiger partial charge is 0.202 e. The molecule has 1 aliphatic heterocycles. The van der Waals surface area contributed by atoms with Crippen LogP contribution >= 0.6 is 0 Å². The summed E-state index contributed by atoms with van der Waals surface area (Å²) >= 11 is 0. The molecule has 0 aliphatic carbocycles. The zero-order valence-electron chi connectivity index (χ0n) is 27.0. The summed E-state index contributed by atoms with van der Waals surface area (Å²) in [5.41, 5.74) is 4.16. The average Bonchev–Trinajstić information content (AvgIpc) is 3.12. The summed E-state index contributed by atoms with van der Waals surface area (Å²) in [6, 6.07) is 40.3. The Labute approximate surface area is 279 Å². The lowest BCUT2D eigenvalue weighted by Crippen LogP contribution is -2.68. The van der Waals surface area contributed by atoms with Crippen molar-refractivity contribution in [1.82, 2.24) is 0 Å². The summed E-state index contributed by atoms with van der Waals surface area (Å²) in [5, 5.41) is 0. The molecule has 1 heterocycles. The van der Waals surface area contributed by atoms with E-state index in [1.807, 2.05) is 121 Å². The van der Waals surface area contributed by atoms with Gasteiger partial charge in [0.25, 0.3) is 0 Å². The lowest BCUT2D eigenvalue weighted by atomic mass is 9.89. The Morgan fingerprint density at radius 1 is 0.660 bits per heavy atom. The highest BCUT2D eigenvalue weighted by Gasteiger charge is 2.57. The molecule has 6 heteroatoms. The molecular weight excluding hydrogens is 588 g/mol. The third kappa shape index (κ3) is 9.96. The Hall–Kier alpha value is -4.06. The van der Waals surface area contributed by atoms with Crippen molar-refractivity contribution in [3.8, 4) is 11.8 Å². The zero-order valence-corrected chi connectivity index (χ0v) is 27.0. The number of benzene rings is 4. The molecule has 244 valence electrons. The number of hydrogen-bond acceptors (Lipinski definition) is 6. The van der Waals surface area contributed by atoms with Crippen LogP contribution < -0.4 is 0 Å². The van der Waals surface area contributed by atoms with Gasteiger partial charge in [0.1, 0.15) is 31.0 Å². The van der Waals surface area contributed by atoms with Crippen LogP contribution in [0.2, 0.25) is 0 Å². The summed E-state index contributed by atoms with van der Waals surface area (Å²) in [7, 11) is 0.